The fraction of sp³-hybridized carbons (Fsp3) is 0.133. The Morgan fingerprint density at radius 3 is 2.79 bits per heavy atom. The summed E-state index contributed by atoms with van der Waals surface area (Å²) in [6, 6.07) is 9.54. The number of nitrogens with zero attached hydrogens (tertiary/aromatic N) is 1. The number of benzene rings is 1. The van der Waals surface area contributed by atoms with Crippen molar-refractivity contribution in [3.63, 3.8) is 0 Å². The molecule has 1 aromatic heterocycles. The van der Waals surface area contributed by atoms with Gasteiger partial charge in [-0.25, -0.2) is 4.39 Å². The zero-order valence-electron chi connectivity index (χ0n) is 10.3. The molecule has 4 heteroatoms. The van der Waals surface area contributed by atoms with Gasteiger partial charge in [0.25, 0.3) is 5.56 Å². The Kier molecular flexibility index (Phi) is 4.11. The van der Waals surface area contributed by atoms with E-state index in [-0.39, 0.29) is 24.5 Å². The van der Waals surface area contributed by atoms with Crippen molar-refractivity contribution in [2.24, 2.45) is 5.73 Å². The standard InChI is InChI=1S/C15H13FN2O/c16-14-10-12(4-3-8-17)6-7-13(14)11-18-9-2-1-5-15(18)19/h1-2,5-7,9-10H,8,11,17H2. The SMILES string of the molecule is NCC#Cc1ccc(Cn2ccccc2=O)c(F)c1. The molecule has 2 rings (SSSR count). The minimum atomic E-state index is -0.375. The van der Waals surface area contributed by atoms with E-state index in [9.17, 15) is 9.18 Å². The van der Waals surface area contributed by atoms with Gasteiger partial charge in [-0.15, -0.1) is 0 Å². The van der Waals surface area contributed by atoms with Crippen LogP contribution in [0.5, 0.6) is 0 Å². The van der Waals surface area contributed by atoms with E-state index in [0.717, 1.165) is 0 Å². The molecule has 1 heterocycles. The monoisotopic (exact) mass is 256 g/mol. The number of pyridine rings is 1. The maximum absolute atomic E-state index is 13.9. The van der Waals surface area contributed by atoms with Crippen LogP contribution in [0.1, 0.15) is 11.1 Å². The molecule has 0 saturated heterocycles. The van der Waals surface area contributed by atoms with E-state index in [1.807, 2.05) is 0 Å². The Hall–Kier alpha value is -2.38. The molecular formula is C15H13FN2O. The van der Waals surface area contributed by atoms with Crippen LogP contribution in [-0.2, 0) is 6.54 Å². The van der Waals surface area contributed by atoms with E-state index in [4.69, 9.17) is 5.73 Å². The molecular weight excluding hydrogens is 243 g/mol. The molecule has 0 atom stereocenters. The van der Waals surface area contributed by atoms with Gasteiger partial charge in [0.05, 0.1) is 13.1 Å². The fourth-order valence-corrected chi connectivity index (χ4v) is 1.68. The fourth-order valence-electron chi connectivity index (χ4n) is 1.68. The highest BCUT2D eigenvalue weighted by Crippen LogP contribution is 2.10. The van der Waals surface area contributed by atoms with E-state index in [1.54, 1.807) is 30.5 Å². The number of hydrogen-bond acceptors (Lipinski definition) is 2. The Morgan fingerprint density at radius 2 is 2.11 bits per heavy atom. The van der Waals surface area contributed by atoms with Crippen LogP contribution in [0.3, 0.4) is 0 Å². The van der Waals surface area contributed by atoms with Crippen LogP contribution in [0, 0.1) is 17.7 Å². The summed E-state index contributed by atoms with van der Waals surface area (Å²) in [5.41, 5.74) is 6.13. The molecule has 2 N–H and O–H groups in total. The molecule has 0 spiro atoms. The van der Waals surface area contributed by atoms with Gasteiger partial charge >= 0.3 is 0 Å². The first-order chi connectivity index (χ1) is 9.20. The first-order valence-electron chi connectivity index (χ1n) is 5.83. The molecule has 0 aliphatic heterocycles. The Labute approximate surface area is 110 Å². The van der Waals surface area contributed by atoms with E-state index in [0.29, 0.717) is 11.1 Å². The number of nitrogens with two attached hydrogens (primary N) is 1. The van der Waals surface area contributed by atoms with Crippen LogP contribution in [-0.4, -0.2) is 11.1 Å². The quantitative estimate of drug-likeness (QED) is 0.824. The van der Waals surface area contributed by atoms with Crippen LogP contribution in [0.15, 0.2) is 47.4 Å². The average Bonchev–Trinajstić information content (AvgIpc) is 2.41. The summed E-state index contributed by atoms with van der Waals surface area (Å²) >= 11 is 0. The Balaban J connectivity index is 2.27. The van der Waals surface area contributed by atoms with Gasteiger partial charge in [0.15, 0.2) is 0 Å². The molecule has 0 bridgehead atoms. The number of halogens is 1. The van der Waals surface area contributed by atoms with E-state index in [1.165, 1.54) is 16.7 Å². The van der Waals surface area contributed by atoms with Crippen LogP contribution in [0.2, 0.25) is 0 Å². The third-order valence-electron chi connectivity index (χ3n) is 2.63. The van der Waals surface area contributed by atoms with E-state index in [2.05, 4.69) is 11.8 Å². The van der Waals surface area contributed by atoms with Crippen LogP contribution >= 0.6 is 0 Å². The van der Waals surface area contributed by atoms with Gasteiger partial charge in [-0.05, 0) is 18.2 Å². The zero-order valence-corrected chi connectivity index (χ0v) is 10.3. The number of rotatable bonds is 2. The van der Waals surface area contributed by atoms with Crippen LogP contribution in [0.25, 0.3) is 0 Å². The molecule has 19 heavy (non-hydrogen) atoms. The number of hydrogen-bond donors (Lipinski definition) is 1. The van der Waals surface area contributed by atoms with Crippen molar-refractivity contribution in [1.82, 2.24) is 4.57 Å². The summed E-state index contributed by atoms with van der Waals surface area (Å²) in [7, 11) is 0. The first kappa shape index (κ1) is 13.1. The summed E-state index contributed by atoms with van der Waals surface area (Å²) in [5.74, 6) is 5.05. The molecule has 0 fully saturated rings. The highest BCUT2D eigenvalue weighted by molar-refractivity contribution is 5.37. The minimum Gasteiger partial charge on any atom is -0.320 e. The van der Waals surface area contributed by atoms with E-state index < -0.39 is 0 Å². The van der Waals surface area contributed by atoms with Gasteiger partial charge in [-0.1, -0.05) is 24.0 Å². The minimum absolute atomic E-state index is 0.158. The van der Waals surface area contributed by atoms with Gasteiger partial charge in [-0.3, -0.25) is 4.79 Å². The largest absolute Gasteiger partial charge is 0.320 e. The van der Waals surface area contributed by atoms with Crippen LogP contribution < -0.4 is 11.3 Å². The van der Waals surface area contributed by atoms with Crippen molar-refractivity contribution < 1.29 is 4.39 Å². The molecule has 0 radical (unpaired) electrons. The van der Waals surface area contributed by atoms with Gasteiger partial charge in [0, 0.05) is 23.4 Å². The average molecular weight is 256 g/mol. The smallest absolute Gasteiger partial charge is 0.250 e. The second-order valence-corrected chi connectivity index (χ2v) is 3.98. The summed E-state index contributed by atoms with van der Waals surface area (Å²) in [6.07, 6.45) is 1.63. The molecule has 0 saturated carbocycles. The van der Waals surface area contributed by atoms with Crippen molar-refractivity contribution in [3.05, 3.63) is 69.9 Å². The summed E-state index contributed by atoms with van der Waals surface area (Å²) in [5, 5.41) is 0. The van der Waals surface area contributed by atoms with Gasteiger partial charge in [-0.2, -0.15) is 0 Å². The lowest BCUT2D eigenvalue weighted by atomic mass is 10.1. The number of aromatic nitrogens is 1. The van der Waals surface area contributed by atoms with Gasteiger partial charge in [0.2, 0.25) is 0 Å². The Bertz CT molecular complexity index is 695. The molecule has 0 amide bonds. The van der Waals surface area contributed by atoms with Crippen molar-refractivity contribution in [2.45, 2.75) is 6.54 Å². The van der Waals surface area contributed by atoms with Crippen molar-refractivity contribution >= 4 is 0 Å². The summed E-state index contributed by atoms with van der Waals surface area (Å²) in [4.78, 5) is 11.5. The second-order valence-electron chi connectivity index (χ2n) is 3.98. The van der Waals surface area contributed by atoms with Gasteiger partial charge in [0.1, 0.15) is 5.82 Å². The molecule has 0 aliphatic carbocycles. The topological polar surface area (TPSA) is 48.0 Å². The Morgan fingerprint density at radius 1 is 1.26 bits per heavy atom. The summed E-state index contributed by atoms with van der Waals surface area (Å²) < 4.78 is 15.3. The lowest BCUT2D eigenvalue weighted by Crippen LogP contribution is -2.18. The molecule has 0 aliphatic rings. The molecule has 3 nitrogen and oxygen atoms in total. The third-order valence-corrected chi connectivity index (χ3v) is 2.63. The molecule has 1 aromatic carbocycles. The van der Waals surface area contributed by atoms with Gasteiger partial charge < -0.3 is 10.3 Å². The predicted octanol–water partition coefficient (Wildman–Crippen LogP) is 1.35. The van der Waals surface area contributed by atoms with Crippen LogP contribution in [0.4, 0.5) is 4.39 Å². The lowest BCUT2D eigenvalue weighted by molar-refractivity contribution is 0.596. The highest BCUT2D eigenvalue weighted by atomic mass is 19.1. The van der Waals surface area contributed by atoms with Crippen molar-refractivity contribution in [2.75, 3.05) is 6.54 Å². The maximum Gasteiger partial charge on any atom is 0.250 e. The highest BCUT2D eigenvalue weighted by Gasteiger charge is 2.04. The second kappa shape index (κ2) is 5.98. The third kappa shape index (κ3) is 3.30. The molecule has 2 aromatic rings. The summed E-state index contributed by atoms with van der Waals surface area (Å²) in [6.45, 7) is 0.443. The lowest BCUT2D eigenvalue weighted by Gasteiger charge is -2.06. The van der Waals surface area contributed by atoms with E-state index >= 15 is 0 Å². The maximum atomic E-state index is 13.9. The molecule has 96 valence electrons. The molecule has 0 unspecified atom stereocenters. The normalized spacial score (nSPS) is 9.79. The van der Waals surface area contributed by atoms with Crippen molar-refractivity contribution in [3.8, 4) is 11.8 Å². The zero-order chi connectivity index (χ0) is 13.7. The predicted molar refractivity (Wildman–Crippen MR) is 72.1 cm³/mol. The van der Waals surface area contributed by atoms with Crippen molar-refractivity contribution in [1.29, 1.82) is 0 Å². The first-order valence-corrected chi connectivity index (χ1v) is 5.83.